The van der Waals surface area contributed by atoms with E-state index in [0.717, 1.165) is 6.42 Å². The fourth-order valence-electron chi connectivity index (χ4n) is 2.38. The van der Waals surface area contributed by atoms with Crippen molar-refractivity contribution in [3.8, 4) is 11.3 Å². The monoisotopic (exact) mass is 368 g/mol. The van der Waals surface area contributed by atoms with Gasteiger partial charge in [-0.3, -0.25) is 20.2 Å². The number of rotatable bonds is 5. The molecule has 27 heavy (non-hydrogen) atoms. The molecule has 1 saturated heterocycles. The van der Waals surface area contributed by atoms with Crippen molar-refractivity contribution in [2.75, 3.05) is 6.61 Å². The summed E-state index contributed by atoms with van der Waals surface area (Å²) in [7, 11) is 0. The minimum Gasteiger partial charge on any atom is -0.462 e. The average Bonchev–Trinajstić information content (AvgIpc) is 3.11. The fourth-order valence-corrected chi connectivity index (χ4v) is 2.38. The Morgan fingerprint density at radius 1 is 1.04 bits per heavy atom. The molecule has 4 amide bonds. The highest BCUT2D eigenvalue weighted by molar-refractivity contribution is 6.31. The van der Waals surface area contributed by atoms with Gasteiger partial charge in [-0.25, -0.2) is 9.59 Å². The number of imide groups is 2. The van der Waals surface area contributed by atoms with E-state index in [2.05, 4.69) is 0 Å². The SMILES string of the molecule is CCCOC(=O)c1ccc(-c2ccc(C=C3C(=O)NC(=O)NC3=O)o2)cc1. The number of benzene rings is 1. The first-order valence-corrected chi connectivity index (χ1v) is 8.23. The van der Waals surface area contributed by atoms with E-state index in [1.807, 2.05) is 17.6 Å². The van der Waals surface area contributed by atoms with Crippen LogP contribution in [0.15, 0.2) is 46.4 Å². The molecule has 1 aromatic heterocycles. The van der Waals surface area contributed by atoms with Gasteiger partial charge in [0.2, 0.25) is 0 Å². The number of nitrogens with one attached hydrogen (secondary N) is 2. The molecule has 0 radical (unpaired) electrons. The van der Waals surface area contributed by atoms with Crippen LogP contribution in [0.5, 0.6) is 0 Å². The Morgan fingerprint density at radius 3 is 2.33 bits per heavy atom. The van der Waals surface area contributed by atoms with Gasteiger partial charge in [0.25, 0.3) is 11.8 Å². The molecule has 1 fully saturated rings. The van der Waals surface area contributed by atoms with E-state index in [1.54, 1.807) is 36.4 Å². The van der Waals surface area contributed by atoms with Crippen LogP contribution < -0.4 is 10.6 Å². The van der Waals surface area contributed by atoms with Gasteiger partial charge in [0.05, 0.1) is 12.2 Å². The van der Waals surface area contributed by atoms with Gasteiger partial charge < -0.3 is 9.15 Å². The molecule has 0 saturated carbocycles. The predicted octanol–water partition coefficient (Wildman–Crippen LogP) is 2.26. The number of hydrogen-bond donors (Lipinski definition) is 2. The second-order valence-corrected chi connectivity index (χ2v) is 5.71. The summed E-state index contributed by atoms with van der Waals surface area (Å²) in [4.78, 5) is 46.3. The number of carbonyl (C=O) groups is 4. The molecule has 0 aliphatic carbocycles. The number of barbiturate groups is 1. The average molecular weight is 368 g/mol. The van der Waals surface area contributed by atoms with Gasteiger partial charge in [-0.15, -0.1) is 0 Å². The highest BCUT2D eigenvalue weighted by atomic mass is 16.5. The summed E-state index contributed by atoms with van der Waals surface area (Å²) in [5.74, 6) is -1.22. The topological polar surface area (TPSA) is 115 Å². The van der Waals surface area contributed by atoms with Gasteiger partial charge in [0.15, 0.2) is 0 Å². The van der Waals surface area contributed by atoms with E-state index >= 15 is 0 Å². The third kappa shape index (κ3) is 4.12. The van der Waals surface area contributed by atoms with Crippen LogP contribution in [0.3, 0.4) is 0 Å². The molecule has 1 aliphatic heterocycles. The smallest absolute Gasteiger partial charge is 0.338 e. The molecular weight excluding hydrogens is 352 g/mol. The van der Waals surface area contributed by atoms with Crippen LogP contribution >= 0.6 is 0 Å². The summed E-state index contributed by atoms with van der Waals surface area (Å²) in [6, 6.07) is 9.06. The summed E-state index contributed by atoms with van der Waals surface area (Å²) in [5.41, 5.74) is 0.908. The quantitative estimate of drug-likeness (QED) is 0.475. The lowest BCUT2D eigenvalue weighted by molar-refractivity contribution is -0.123. The molecule has 0 bridgehead atoms. The maximum Gasteiger partial charge on any atom is 0.338 e. The van der Waals surface area contributed by atoms with Crippen molar-refractivity contribution in [1.82, 2.24) is 10.6 Å². The molecule has 8 nitrogen and oxygen atoms in total. The van der Waals surface area contributed by atoms with Crippen molar-refractivity contribution >= 4 is 29.9 Å². The molecule has 1 aliphatic rings. The highest BCUT2D eigenvalue weighted by Gasteiger charge is 2.28. The first kappa shape index (κ1) is 18.1. The lowest BCUT2D eigenvalue weighted by Gasteiger charge is -2.13. The van der Waals surface area contributed by atoms with Crippen LogP contribution in [0, 0.1) is 0 Å². The van der Waals surface area contributed by atoms with Crippen LogP contribution in [-0.2, 0) is 14.3 Å². The van der Waals surface area contributed by atoms with Gasteiger partial charge in [-0.2, -0.15) is 0 Å². The minimum absolute atomic E-state index is 0.232. The van der Waals surface area contributed by atoms with E-state index in [9.17, 15) is 19.2 Å². The maximum absolute atomic E-state index is 11.8. The Labute approximate surface area is 154 Å². The van der Waals surface area contributed by atoms with E-state index < -0.39 is 23.8 Å². The Hall–Kier alpha value is -3.68. The Morgan fingerprint density at radius 2 is 1.70 bits per heavy atom. The zero-order chi connectivity index (χ0) is 19.4. The van der Waals surface area contributed by atoms with Crippen LogP contribution in [0.4, 0.5) is 4.79 Å². The summed E-state index contributed by atoms with van der Waals surface area (Å²) >= 11 is 0. The van der Waals surface area contributed by atoms with Crippen molar-refractivity contribution in [3.05, 3.63) is 53.3 Å². The van der Waals surface area contributed by atoms with Gasteiger partial charge in [0, 0.05) is 5.56 Å². The number of hydrogen-bond acceptors (Lipinski definition) is 6. The number of urea groups is 1. The van der Waals surface area contributed by atoms with Crippen LogP contribution in [-0.4, -0.2) is 30.4 Å². The van der Waals surface area contributed by atoms with Crippen molar-refractivity contribution in [2.24, 2.45) is 0 Å². The highest BCUT2D eigenvalue weighted by Crippen LogP contribution is 2.24. The van der Waals surface area contributed by atoms with Crippen LogP contribution in [0.1, 0.15) is 29.5 Å². The van der Waals surface area contributed by atoms with Gasteiger partial charge >= 0.3 is 12.0 Å². The summed E-state index contributed by atoms with van der Waals surface area (Å²) in [6.07, 6.45) is 2.00. The van der Waals surface area contributed by atoms with Crippen molar-refractivity contribution in [3.63, 3.8) is 0 Å². The summed E-state index contributed by atoms with van der Waals surface area (Å²) in [5, 5.41) is 3.97. The van der Waals surface area contributed by atoms with E-state index in [1.165, 1.54) is 6.08 Å². The van der Waals surface area contributed by atoms with Crippen LogP contribution in [0.2, 0.25) is 0 Å². The van der Waals surface area contributed by atoms with E-state index in [4.69, 9.17) is 9.15 Å². The van der Waals surface area contributed by atoms with E-state index in [-0.39, 0.29) is 11.3 Å². The summed E-state index contributed by atoms with van der Waals surface area (Å²) < 4.78 is 10.7. The molecule has 0 atom stereocenters. The molecular formula is C19H16N2O6. The molecule has 2 aromatic rings. The molecule has 1 aromatic carbocycles. The second-order valence-electron chi connectivity index (χ2n) is 5.71. The Kier molecular flexibility index (Phi) is 5.16. The first-order chi connectivity index (χ1) is 13.0. The lowest BCUT2D eigenvalue weighted by Crippen LogP contribution is -2.51. The first-order valence-electron chi connectivity index (χ1n) is 8.23. The largest absolute Gasteiger partial charge is 0.462 e. The number of ether oxygens (including phenoxy) is 1. The predicted molar refractivity (Wildman–Crippen MR) is 94.4 cm³/mol. The Balaban J connectivity index is 1.77. The van der Waals surface area contributed by atoms with Crippen LogP contribution in [0.25, 0.3) is 17.4 Å². The van der Waals surface area contributed by atoms with Gasteiger partial charge in [0.1, 0.15) is 17.1 Å². The maximum atomic E-state index is 11.8. The zero-order valence-electron chi connectivity index (χ0n) is 14.4. The van der Waals surface area contributed by atoms with Crippen molar-refractivity contribution < 1.29 is 28.3 Å². The third-order valence-electron chi connectivity index (χ3n) is 3.70. The number of amides is 4. The molecule has 0 unspecified atom stereocenters. The molecule has 3 rings (SSSR count). The number of carbonyl (C=O) groups excluding carboxylic acids is 4. The molecule has 138 valence electrons. The zero-order valence-corrected chi connectivity index (χ0v) is 14.4. The lowest BCUT2D eigenvalue weighted by atomic mass is 10.1. The third-order valence-corrected chi connectivity index (χ3v) is 3.70. The molecule has 2 N–H and O–H groups in total. The molecule has 8 heteroatoms. The molecule has 0 spiro atoms. The van der Waals surface area contributed by atoms with Crippen molar-refractivity contribution in [1.29, 1.82) is 0 Å². The summed E-state index contributed by atoms with van der Waals surface area (Å²) in [6.45, 7) is 2.28. The molecule has 2 heterocycles. The van der Waals surface area contributed by atoms with Gasteiger partial charge in [-0.1, -0.05) is 19.1 Å². The number of esters is 1. The fraction of sp³-hybridized carbons (Fsp3) is 0.158. The normalized spacial score (nSPS) is 13.8. The second kappa shape index (κ2) is 7.69. The van der Waals surface area contributed by atoms with E-state index in [0.29, 0.717) is 23.5 Å². The Bertz CT molecular complexity index is 917. The van der Waals surface area contributed by atoms with Crippen molar-refractivity contribution in [2.45, 2.75) is 13.3 Å². The standard InChI is InChI=1S/C19H16N2O6/c1-2-9-26-18(24)12-5-3-11(4-6-12)15-8-7-13(27-15)10-14-16(22)20-19(25)21-17(14)23/h3-8,10H,2,9H2,1H3,(H2,20,21,22,23,25). The number of furan rings is 1. The van der Waals surface area contributed by atoms with Gasteiger partial charge in [-0.05, 0) is 36.8 Å². The minimum atomic E-state index is -0.861.